The van der Waals surface area contributed by atoms with E-state index in [0.717, 1.165) is 37.7 Å². The number of hydrogen-bond donors (Lipinski definition) is 2. The van der Waals surface area contributed by atoms with Crippen molar-refractivity contribution in [1.29, 1.82) is 0 Å². The maximum absolute atomic E-state index is 11.8. The molecule has 1 unspecified atom stereocenters. The standard InChI is InChI=1S/C17H27ClN4O2.3ClH/c1-24-16(13-19)12-17(23)20-5-6-21-7-9-22(10-8-21)15-4-2-3-14(18)11-15;;;/h2-4,11,16H,5-10,12-13,19H2,1H3,(H,20,23);3*1H. The Labute approximate surface area is 185 Å². The molecule has 1 fully saturated rings. The minimum absolute atomic E-state index is 0. The molecular formula is C17H30Cl4N4O2. The highest BCUT2D eigenvalue weighted by atomic mass is 35.5. The third kappa shape index (κ3) is 10.0. The first-order chi connectivity index (χ1) is 11.6. The molecule has 1 aliphatic heterocycles. The van der Waals surface area contributed by atoms with E-state index in [9.17, 15) is 4.79 Å². The topological polar surface area (TPSA) is 70.8 Å². The first-order valence-electron chi connectivity index (χ1n) is 8.35. The Balaban J connectivity index is 0. The largest absolute Gasteiger partial charge is 0.380 e. The number of nitrogens with two attached hydrogens (primary N) is 1. The quantitative estimate of drug-likeness (QED) is 0.618. The molecule has 158 valence electrons. The Morgan fingerprint density at radius 3 is 2.48 bits per heavy atom. The molecule has 1 aromatic carbocycles. The molecule has 3 N–H and O–H groups in total. The van der Waals surface area contributed by atoms with Crippen molar-refractivity contribution in [3.63, 3.8) is 0 Å². The Morgan fingerprint density at radius 1 is 1.26 bits per heavy atom. The lowest BCUT2D eigenvalue weighted by molar-refractivity contribution is -0.123. The van der Waals surface area contributed by atoms with Crippen LogP contribution in [0.2, 0.25) is 5.02 Å². The van der Waals surface area contributed by atoms with Crippen LogP contribution in [0.1, 0.15) is 6.42 Å². The Morgan fingerprint density at radius 2 is 1.93 bits per heavy atom. The van der Waals surface area contributed by atoms with Crippen LogP contribution >= 0.6 is 48.8 Å². The number of hydrogen-bond acceptors (Lipinski definition) is 5. The summed E-state index contributed by atoms with van der Waals surface area (Å²) in [6.45, 7) is 5.75. The number of piperazine rings is 1. The van der Waals surface area contributed by atoms with E-state index in [4.69, 9.17) is 22.1 Å². The fourth-order valence-corrected chi connectivity index (χ4v) is 2.98. The van der Waals surface area contributed by atoms with E-state index >= 15 is 0 Å². The van der Waals surface area contributed by atoms with Crippen molar-refractivity contribution >= 4 is 60.4 Å². The van der Waals surface area contributed by atoms with Gasteiger partial charge in [0.1, 0.15) is 0 Å². The van der Waals surface area contributed by atoms with Gasteiger partial charge in [0, 0.05) is 63.6 Å². The van der Waals surface area contributed by atoms with Gasteiger partial charge in [0.15, 0.2) is 0 Å². The van der Waals surface area contributed by atoms with Crippen molar-refractivity contribution in [1.82, 2.24) is 10.2 Å². The van der Waals surface area contributed by atoms with E-state index in [2.05, 4.69) is 21.2 Å². The summed E-state index contributed by atoms with van der Waals surface area (Å²) in [5, 5.41) is 3.70. The maximum atomic E-state index is 11.8. The summed E-state index contributed by atoms with van der Waals surface area (Å²) in [5.41, 5.74) is 6.69. The fourth-order valence-electron chi connectivity index (χ4n) is 2.80. The zero-order valence-corrected chi connectivity index (χ0v) is 18.6. The molecule has 6 nitrogen and oxygen atoms in total. The van der Waals surface area contributed by atoms with Crippen LogP contribution in [-0.4, -0.2) is 69.8 Å². The van der Waals surface area contributed by atoms with Crippen LogP contribution in [-0.2, 0) is 9.53 Å². The second-order valence-electron chi connectivity index (χ2n) is 5.96. The molecule has 1 amide bonds. The summed E-state index contributed by atoms with van der Waals surface area (Å²) >= 11 is 6.05. The number of halogens is 4. The normalized spacial score (nSPS) is 15.0. The molecule has 0 aliphatic carbocycles. The van der Waals surface area contributed by atoms with Crippen LogP contribution in [0.25, 0.3) is 0 Å². The number of rotatable bonds is 8. The zero-order valence-electron chi connectivity index (χ0n) is 15.4. The summed E-state index contributed by atoms with van der Waals surface area (Å²) < 4.78 is 5.12. The van der Waals surface area contributed by atoms with Gasteiger partial charge in [-0.05, 0) is 18.2 Å². The molecule has 0 saturated carbocycles. The molecule has 1 saturated heterocycles. The molecule has 1 atom stereocenters. The molecule has 0 radical (unpaired) electrons. The highest BCUT2D eigenvalue weighted by Gasteiger charge is 2.17. The summed E-state index contributed by atoms with van der Waals surface area (Å²) in [6.07, 6.45) is 0.112. The van der Waals surface area contributed by atoms with Crippen molar-refractivity contribution in [2.45, 2.75) is 12.5 Å². The lowest BCUT2D eigenvalue weighted by atomic mass is 10.2. The fraction of sp³-hybridized carbons (Fsp3) is 0.588. The van der Waals surface area contributed by atoms with Crippen molar-refractivity contribution in [3.05, 3.63) is 29.3 Å². The number of nitrogens with zero attached hydrogens (tertiary/aromatic N) is 2. The molecule has 1 heterocycles. The predicted octanol–water partition coefficient (Wildman–Crippen LogP) is 2.21. The van der Waals surface area contributed by atoms with Crippen molar-refractivity contribution in [2.24, 2.45) is 5.73 Å². The van der Waals surface area contributed by atoms with Gasteiger partial charge in [0.2, 0.25) is 5.91 Å². The average molecular weight is 464 g/mol. The second-order valence-corrected chi connectivity index (χ2v) is 6.39. The molecule has 1 aliphatic rings. The summed E-state index contributed by atoms with van der Waals surface area (Å²) in [7, 11) is 1.57. The van der Waals surface area contributed by atoms with E-state index in [-0.39, 0.29) is 49.2 Å². The lowest BCUT2D eigenvalue weighted by Gasteiger charge is -2.36. The van der Waals surface area contributed by atoms with Crippen LogP contribution in [0.15, 0.2) is 24.3 Å². The zero-order chi connectivity index (χ0) is 17.4. The SMILES string of the molecule is COC(CN)CC(=O)NCCN1CCN(c2cccc(Cl)c2)CC1.Cl.Cl.Cl. The monoisotopic (exact) mass is 462 g/mol. The minimum atomic E-state index is -0.203. The average Bonchev–Trinajstić information content (AvgIpc) is 2.60. The third-order valence-electron chi connectivity index (χ3n) is 4.31. The highest BCUT2D eigenvalue weighted by molar-refractivity contribution is 6.30. The van der Waals surface area contributed by atoms with Crippen molar-refractivity contribution in [2.75, 3.05) is 57.8 Å². The number of ether oxygens (including phenoxy) is 1. The van der Waals surface area contributed by atoms with Gasteiger partial charge in [0.05, 0.1) is 12.5 Å². The van der Waals surface area contributed by atoms with Crippen LogP contribution in [0.5, 0.6) is 0 Å². The minimum Gasteiger partial charge on any atom is -0.380 e. The van der Waals surface area contributed by atoms with E-state index in [1.807, 2.05) is 18.2 Å². The van der Waals surface area contributed by atoms with Crippen LogP contribution < -0.4 is 16.0 Å². The molecule has 2 rings (SSSR count). The van der Waals surface area contributed by atoms with Gasteiger partial charge in [-0.25, -0.2) is 0 Å². The Bertz CT molecular complexity index is 527. The second kappa shape index (κ2) is 15.5. The van der Waals surface area contributed by atoms with Crippen LogP contribution in [0.4, 0.5) is 5.69 Å². The van der Waals surface area contributed by atoms with Gasteiger partial charge < -0.3 is 20.7 Å². The number of amides is 1. The van der Waals surface area contributed by atoms with Gasteiger partial charge in [-0.15, -0.1) is 37.2 Å². The summed E-state index contributed by atoms with van der Waals surface area (Å²) in [6, 6.07) is 7.96. The van der Waals surface area contributed by atoms with Gasteiger partial charge in [-0.2, -0.15) is 0 Å². The molecule has 10 heteroatoms. The maximum Gasteiger partial charge on any atom is 0.222 e. The smallest absolute Gasteiger partial charge is 0.222 e. The number of benzene rings is 1. The molecule has 1 aromatic rings. The summed E-state index contributed by atoms with van der Waals surface area (Å²) in [5.74, 6) is -0.00939. The van der Waals surface area contributed by atoms with Gasteiger partial charge >= 0.3 is 0 Å². The highest BCUT2D eigenvalue weighted by Crippen LogP contribution is 2.20. The van der Waals surface area contributed by atoms with E-state index in [1.54, 1.807) is 7.11 Å². The van der Waals surface area contributed by atoms with Gasteiger partial charge in [0.25, 0.3) is 0 Å². The van der Waals surface area contributed by atoms with Crippen molar-refractivity contribution in [3.8, 4) is 0 Å². The lowest BCUT2D eigenvalue weighted by Crippen LogP contribution is -2.48. The first kappa shape index (κ1) is 28.7. The molecule has 0 aromatic heterocycles. The van der Waals surface area contributed by atoms with Gasteiger partial charge in [-0.3, -0.25) is 9.69 Å². The summed E-state index contributed by atoms with van der Waals surface area (Å²) in [4.78, 5) is 16.5. The van der Waals surface area contributed by atoms with E-state index < -0.39 is 0 Å². The van der Waals surface area contributed by atoms with Crippen LogP contribution in [0, 0.1) is 0 Å². The molecular weight excluding hydrogens is 434 g/mol. The van der Waals surface area contributed by atoms with Crippen LogP contribution in [0.3, 0.4) is 0 Å². The van der Waals surface area contributed by atoms with Crippen molar-refractivity contribution < 1.29 is 9.53 Å². The number of carbonyl (C=O) groups excluding carboxylic acids is 1. The number of anilines is 1. The van der Waals surface area contributed by atoms with E-state index in [1.165, 1.54) is 5.69 Å². The molecule has 27 heavy (non-hydrogen) atoms. The Hall–Kier alpha value is -0.470. The number of carbonyl (C=O) groups is 1. The Kier molecular flexibility index (Phi) is 16.4. The predicted molar refractivity (Wildman–Crippen MR) is 119 cm³/mol. The number of nitrogens with one attached hydrogen (secondary N) is 1. The first-order valence-corrected chi connectivity index (χ1v) is 8.72. The molecule has 0 spiro atoms. The number of methoxy groups -OCH3 is 1. The third-order valence-corrected chi connectivity index (χ3v) is 4.54. The molecule has 0 bridgehead atoms. The van der Waals surface area contributed by atoms with Gasteiger partial charge in [-0.1, -0.05) is 17.7 Å². The van der Waals surface area contributed by atoms with E-state index in [0.29, 0.717) is 19.5 Å².